The second-order valence-corrected chi connectivity index (χ2v) is 8.60. The summed E-state index contributed by atoms with van der Waals surface area (Å²) < 4.78 is 26.0. The average Bonchev–Trinajstić information content (AvgIpc) is 2.92. The summed E-state index contributed by atoms with van der Waals surface area (Å²) in [6.45, 7) is 0.0651. The summed E-state index contributed by atoms with van der Waals surface area (Å²) in [6, 6.07) is 7.60. The largest absolute Gasteiger partial charge is 0.352 e. The summed E-state index contributed by atoms with van der Waals surface area (Å²) in [5.74, 6) is -0.227. The minimum absolute atomic E-state index is 0.134. The van der Waals surface area contributed by atoms with Crippen molar-refractivity contribution in [2.75, 3.05) is 12.8 Å². The van der Waals surface area contributed by atoms with Crippen molar-refractivity contribution in [1.82, 2.24) is 9.62 Å². The van der Waals surface area contributed by atoms with E-state index in [0.29, 0.717) is 0 Å². The van der Waals surface area contributed by atoms with E-state index in [0.717, 1.165) is 42.0 Å². The van der Waals surface area contributed by atoms with Gasteiger partial charge in [-0.3, -0.25) is 4.79 Å². The molecular formula is C15H21BrN2O3S. The number of carbonyl (C=O) groups is 1. The standard InChI is InChI=1S/C15H21BrN2O3S/c1-22(20,21)18(10-12-6-8-13(16)9-7-12)11-15(19)17-14-4-2-3-5-14/h6-9,14H,2-5,10-11H2,1H3,(H,17,19). The summed E-state index contributed by atoms with van der Waals surface area (Å²) in [7, 11) is -3.44. The van der Waals surface area contributed by atoms with Gasteiger partial charge in [0, 0.05) is 17.1 Å². The molecule has 1 aromatic carbocycles. The van der Waals surface area contributed by atoms with Crippen LogP contribution in [0.5, 0.6) is 0 Å². The van der Waals surface area contributed by atoms with Gasteiger partial charge in [0.1, 0.15) is 0 Å². The maximum Gasteiger partial charge on any atom is 0.235 e. The Balaban J connectivity index is 2.00. The molecule has 1 aromatic rings. The number of sulfonamides is 1. The van der Waals surface area contributed by atoms with Crippen molar-refractivity contribution in [2.45, 2.75) is 38.3 Å². The topological polar surface area (TPSA) is 66.5 Å². The van der Waals surface area contributed by atoms with Crippen molar-refractivity contribution in [3.63, 3.8) is 0 Å². The third kappa shape index (κ3) is 5.37. The molecule has 0 aliphatic heterocycles. The molecule has 0 atom stereocenters. The Morgan fingerprint density at radius 2 is 1.86 bits per heavy atom. The van der Waals surface area contributed by atoms with Crippen LogP contribution < -0.4 is 5.32 Å². The Kier molecular flexibility index (Phi) is 6.00. The molecular weight excluding hydrogens is 368 g/mol. The van der Waals surface area contributed by atoms with Gasteiger partial charge in [-0.2, -0.15) is 4.31 Å². The van der Waals surface area contributed by atoms with Crippen LogP contribution >= 0.6 is 15.9 Å². The van der Waals surface area contributed by atoms with Gasteiger partial charge in [-0.25, -0.2) is 8.42 Å². The monoisotopic (exact) mass is 388 g/mol. The molecule has 1 fully saturated rings. The van der Waals surface area contributed by atoms with E-state index in [2.05, 4.69) is 21.2 Å². The fourth-order valence-electron chi connectivity index (χ4n) is 2.59. The lowest BCUT2D eigenvalue weighted by molar-refractivity contribution is -0.122. The molecule has 22 heavy (non-hydrogen) atoms. The van der Waals surface area contributed by atoms with Crippen LogP contribution in [0.2, 0.25) is 0 Å². The molecule has 5 nitrogen and oxygen atoms in total. The predicted octanol–water partition coefficient (Wildman–Crippen LogP) is 2.27. The van der Waals surface area contributed by atoms with Crippen molar-refractivity contribution in [1.29, 1.82) is 0 Å². The molecule has 1 N–H and O–H groups in total. The highest BCUT2D eigenvalue weighted by Crippen LogP contribution is 2.18. The number of hydrogen-bond donors (Lipinski definition) is 1. The van der Waals surface area contributed by atoms with Crippen LogP contribution in [0.1, 0.15) is 31.2 Å². The highest BCUT2D eigenvalue weighted by molar-refractivity contribution is 9.10. The van der Waals surface area contributed by atoms with E-state index in [1.54, 1.807) is 0 Å². The smallest absolute Gasteiger partial charge is 0.235 e. The Bertz CT molecular complexity index is 610. The van der Waals surface area contributed by atoms with Gasteiger partial charge >= 0.3 is 0 Å². The Morgan fingerprint density at radius 1 is 1.27 bits per heavy atom. The third-order valence-electron chi connectivity index (χ3n) is 3.78. The first-order valence-corrected chi connectivity index (χ1v) is 9.97. The Labute approximate surface area is 140 Å². The summed E-state index contributed by atoms with van der Waals surface area (Å²) in [5.41, 5.74) is 0.849. The quantitative estimate of drug-likeness (QED) is 0.812. The molecule has 0 unspecified atom stereocenters. The van der Waals surface area contributed by atoms with Gasteiger partial charge in [-0.1, -0.05) is 40.9 Å². The van der Waals surface area contributed by atoms with E-state index in [1.165, 1.54) is 4.31 Å². The number of amides is 1. The fraction of sp³-hybridized carbons (Fsp3) is 0.533. The maximum absolute atomic E-state index is 12.1. The lowest BCUT2D eigenvalue weighted by Gasteiger charge is -2.21. The number of nitrogens with zero attached hydrogens (tertiary/aromatic N) is 1. The highest BCUT2D eigenvalue weighted by atomic mass is 79.9. The number of carbonyl (C=O) groups excluding carboxylic acids is 1. The number of benzene rings is 1. The first-order chi connectivity index (χ1) is 10.3. The maximum atomic E-state index is 12.1. The predicted molar refractivity (Wildman–Crippen MR) is 89.8 cm³/mol. The molecule has 0 radical (unpaired) electrons. The van der Waals surface area contributed by atoms with Crippen LogP contribution in [-0.2, 0) is 21.4 Å². The minimum Gasteiger partial charge on any atom is -0.352 e. The van der Waals surface area contributed by atoms with Crippen molar-refractivity contribution >= 4 is 31.9 Å². The molecule has 2 rings (SSSR count). The number of hydrogen-bond acceptors (Lipinski definition) is 3. The minimum atomic E-state index is -3.44. The van der Waals surface area contributed by atoms with Gasteiger partial charge in [-0.05, 0) is 30.5 Å². The van der Waals surface area contributed by atoms with Gasteiger partial charge in [0.05, 0.1) is 12.8 Å². The second-order valence-electron chi connectivity index (χ2n) is 5.71. The highest BCUT2D eigenvalue weighted by Gasteiger charge is 2.23. The number of rotatable bonds is 6. The van der Waals surface area contributed by atoms with Crippen LogP contribution in [-0.4, -0.2) is 37.5 Å². The van der Waals surface area contributed by atoms with Crippen LogP contribution in [0.3, 0.4) is 0 Å². The summed E-state index contributed by atoms with van der Waals surface area (Å²) in [5, 5.41) is 2.92. The van der Waals surface area contributed by atoms with Gasteiger partial charge in [0.2, 0.25) is 15.9 Å². The van der Waals surface area contributed by atoms with E-state index in [-0.39, 0.29) is 25.0 Å². The summed E-state index contributed by atoms with van der Waals surface area (Å²) in [4.78, 5) is 12.1. The molecule has 0 aromatic heterocycles. The van der Waals surface area contributed by atoms with E-state index >= 15 is 0 Å². The van der Waals surface area contributed by atoms with E-state index in [1.807, 2.05) is 24.3 Å². The Hall–Kier alpha value is -0.920. The molecule has 0 bridgehead atoms. The first-order valence-electron chi connectivity index (χ1n) is 7.33. The van der Waals surface area contributed by atoms with Gasteiger partial charge in [-0.15, -0.1) is 0 Å². The van der Waals surface area contributed by atoms with Gasteiger partial charge in [0.25, 0.3) is 0 Å². The lowest BCUT2D eigenvalue weighted by Crippen LogP contribution is -2.42. The van der Waals surface area contributed by atoms with E-state index in [4.69, 9.17) is 0 Å². The fourth-order valence-corrected chi connectivity index (χ4v) is 3.59. The SMILES string of the molecule is CS(=O)(=O)N(CC(=O)NC1CCCC1)Cc1ccc(Br)cc1. The third-order valence-corrected chi connectivity index (χ3v) is 5.51. The average molecular weight is 389 g/mol. The molecule has 0 spiro atoms. The molecule has 122 valence electrons. The van der Waals surface area contributed by atoms with Crippen molar-refractivity contribution < 1.29 is 13.2 Å². The van der Waals surface area contributed by atoms with Crippen molar-refractivity contribution in [3.05, 3.63) is 34.3 Å². The van der Waals surface area contributed by atoms with Crippen molar-refractivity contribution in [3.8, 4) is 0 Å². The molecule has 7 heteroatoms. The second kappa shape index (κ2) is 7.57. The first kappa shape index (κ1) is 17.4. The molecule has 1 saturated carbocycles. The Morgan fingerprint density at radius 3 is 2.41 bits per heavy atom. The van der Waals surface area contributed by atoms with Crippen LogP contribution in [0.4, 0.5) is 0 Å². The molecule has 1 aliphatic rings. The van der Waals surface area contributed by atoms with Crippen LogP contribution in [0, 0.1) is 0 Å². The van der Waals surface area contributed by atoms with Gasteiger partial charge < -0.3 is 5.32 Å². The number of halogens is 1. The molecule has 1 aliphatic carbocycles. The van der Waals surface area contributed by atoms with Crippen LogP contribution in [0.25, 0.3) is 0 Å². The van der Waals surface area contributed by atoms with Gasteiger partial charge in [0.15, 0.2) is 0 Å². The normalized spacial score (nSPS) is 16.1. The summed E-state index contributed by atoms with van der Waals surface area (Å²) >= 11 is 3.34. The zero-order valence-corrected chi connectivity index (χ0v) is 15.0. The lowest BCUT2D eigenvalue weighted by atomic mass is 10.2. The zero-order valence-electron chi connectivity index (χ0n) is 12.6. The molecule has 0 heterocycles. The van der Waals surface area contributed by atoms with Crippen LogP contribution in [0.15, 0.2) is 28.7 Å². The van der Waals surface area contributed by atoms with Crippen molar-refractivity contribution in [2.24, 2.45) is 0 Å². The van der Waals surface area contributed by atoms with E-state index in [9.17, 15) is 13.2 Å². The number of nitrogens with one attached hydrogen (secondary N) is 1. The zero-order chi connectivity index (χ0) is 16.2. The summed E-state index contributed by atoms with van der Waals surface area (Å²) in [6.07, 6.45) is 5.35. The molecule has 0 saturated heterocycles. The molecule has 1 amide bonds. The van der Waals surface area contributed by atoms with E-state index < -0.39 is 10.0 Å².